The van der Waals surface area contributed by atoms with Gasteiger partial charge >= 0.3 is 0 Å². The lowest BCUT2D eigenvalue weighted by molar-refractivity contribution is 0.102. The van der Waals surface area contributed by atoms with E-state index in [1.165, 1.54) is 17.4 Å². The molecule has 0 radical (unpaired) electrons. The second kappa shape index (κ2) is 8.61. The molecule has 158 valence electrons. The predicted octanol–water partition coefficient (Wildman–Crippen LogP) is 4.26. The molecule has 0 spiro atoms. The van der Waals surface area contributed by atoms with Crippen molar-refractivity contribution in [2.75, 3.05) is 5.32 Å². The Kier molecular flexibility index (Phi) is 5.92. The van der Waals surface area contributed by atoms with Gasteiger partial charge in [0, 0.05) is 30.0 Å². The molecule has 1 fully saturated rings. The van der Waals surface area contributed by atoms with Crippen molar-refractivity contribution in [3.63, 3.8) is 0 Å². The molecule has 0 bridgehead atoms. The number of nitrogens with one attached hydrogen (secondary N) is 1. The van der Waals surface area contributed by atoms with Gasteiger partial charge in [0.2, 0.25) is 0 Å². The Balaban J connectivity index is 1.53. The third-order valence-corrected chi connectivity index (χ3v) is 6.44. The average molecular weight is 432 g/mol. The Morgan fingerprint density at radius 3 is 2.83 bits per heavy atom. The Morgan fingerprint density at radius 2 is 2.03 bits per heavy atom. The fraction of sp³-hybridized carbons (Fsp3) is 0.381. The van der Waals surface area contributed by atoms with E-state index in [9.17, 15) is 13.6 Å². The van der Waals surface area contributed by atoms with E-state index in [1.54, 1.807) is 34.5 Å². The van der Waals surface area contributed by atoms with Crippen LogP contribution >= 0.6 is 11.3 Å². The largest absolute Gasteiger partial charge is 0.325 e. The van der Waals surface area contributed by atoms with Crippen molar-refractivity contribution in [3.05, 3.63) is 53.0 Å². The summed E-state index contributed by atoms with van der Waals surface area (Å²) in [6, 6.07) is 5.87. The maximum Gasteiger partial charge on any atom is 0.275 e. The monoisotopic (exact) mass is 431 g/mol. The van der Waals surface area contributed by atoms with Gasteiger partial charge in [-0.15, -0.1) is 11.3 Å². The third-order valence-electron chi connectivity index (χ3n) is 5.56. The highest BCUT2D eigenvalue weighted by Crippen LogP contribution is 2.36. The second-order valence-electron chi connectivity index (χ2n) is 7.57. The highest BCUT2D eigenvalue weighted by Gasteiger charge is 2.29. The summed E-state index contributed by atoms with van der Waals surface area (Å²) in [5.41, 5.74) is 7.89. The molecule has 3 N–H and O–H groups in total. The summed E-state index contributed by atoms with van der Waals surface area (Å²) in [7, 11) is 1.81. The lowest BCUT2D eigenvalue weighted by Crippen LogP contribution is -2.29. The minimum Gasteiger partial charge on any atom is -0.325 e. The summed E-state index contributed by atoms with van der Waals surface area (Å²) in [4.78, 5) is 17.1. The Bertz CT molecular complexity index is 1040. The first-order valence-electron chi connectivity index (χ1n) is 9.87. The van der Waals surface area contributed by atoms with Crippen molar-refractivity contribution in [2.45, 2.75) is 43.8 Å². The van der Waals surface area contributed by atoms with Gasteiger partial charge in [-0.05, 0) is 37.8 Å². The number of aromatic nitrogens is 3. The van der Waals surface area contributed by atoms with Gasteiger partial charge in [0.15, 0.2) is 0 Å². The molecule has 0 saturated heterocycles. The molecule has 9 heteroatoms. The van der Waals surface area contributed by atoms with Crippen molar-refractivity contribution in [3.8, 4) is 10.6 Å². The fourth-order valence-electron chi connectivity index (χ4n) is 3.92. The number of thiazole rings is 1. The van der Waals surface area contributed by atoms with Crippen LogP contribution < -0.4 is 11.1 Å². The first-order valence-corrected chi connectivity index (χ1v) is 10.8. The number of rotatable bonds is 4. The summed E-state index contributed by atoms with van der Waals surface area (Å²) < 4.78 is 29.7. The maximum atomic E-state index is 14.0. The van der Waals surface area contributed by atoms with Crippen LogP contribution in [-0.4, -0.2) is 32.9 Å². The van der Waals surface area contributed by atoms with Gasteiger partial charge in [-0.25, -0.2) is 13.8 Å². The van der Waals surface area contributed by atoms with Crippen molar-refractivity contribution in [1.82, 2.24) is 14.8 Å². The van der Waals surface area contributed by atoms with Gasteiger partial charge < -0.3 is 11.1 Å². The Morgan fingerprint density at radius 1 is 1.27 bits per heavy atom. The van der Waals surface area contributed by atoms with Gasteiger partial charge in [-0.1, -0.05) is 12.1 Å². The van der Waals surface area contributed by atoms with Crippen LogP contribution in [0.3, 0.4) is 0 Å². The number of carbonyl (C=O) groups excluding carboxylic acids is 1. The van der Waals surface area contributed by atoms with Crippen LogP contribution in [0.4, 0.5) is 14.5 Å². The standard InChI is InChI=1S/C21H23F2N5OS/c1-28-19(12-6-8-15(23)16(24)9-7-12)17(10-25-28)26-20(29)18-11-30-21(27-18)13-4-2-3-5-14(13)22/h2-5,10-12,15-16H,6-9,24H2,1H3,(H,26,29)/t12-,15+,16-/m1/s1. The molecule has 1 aliphatic carbocycles. The molecule has 6 nitrogen and oxygen atoms in total. The molecular formula is C21H23F2N5OS. The number of hydrogen-bond donors (Lipinski definition) is 2. The average Bonchev–Trinajstić information content (AvgIpc) is 3.32. The molecule has 0 unspecified atom stereocenters. The van der Waals surface area contributed by atoms with Crippen LogP contribution in [0, 0.1) is 5.82 Å². The van der Waals surface area contributed by atoms with E-state index in [1.807, 2.05) is 7.05 Å². The van der Waals surface area contributed by atoms with Crippen molar-refractivity contribution >= 4 is 22.9 Å². The maximum absolute atomic E-state index is 14.0. The van der Waals surface area contributed by atoms with Crippen molar-refractivity contribution in [2.24, 2.45) is 12.8 Å². The lowest BCUT2D eigenvalue weighted by atomic mass is 9.95. The molecule has 3 atom stereocenters. The number of halogens is 2. The highest BCUT2D eigenvalue weighted by atomic mass is 32.1. The van der Waals surface area contributed by atoms with Gasteiger partial charge in [-0.3, -0.25) is 9.48 Å². The molecule has 2 aromatic heterocycles. The normalized spacial score (nSPS) is 21.9. The van der Waals surface area contributed by atoms with Crippen LogP contribution in [0.1, 0.15) is 47.8 Å². The topological polar surface area (TPSA) is 85.8 Å². The van der Waals surface area contributed by atoms with E-state index in [-0.39, 0.29) is 17.4 Å². The molecular weight excluding hydrogens is 408 g/mol. The summed E-state index contributed by atoms with van der Waals surface area (Å²) in [5.74, 6) is -0.716. The first-order chi connectivity index (χ1) is 14.4. The van der Waals surface area contributed by atoms with Gasteiger partial charge in [0.1, 0.15) is 22.7 Å². The molecule has 2 heterocycles. The van der Waals surface area contributed by atoms with Gasteiger partial charge in [0.25, 0.3) is 5.91 Å². The number of alkyl halides is 1. The molecule has 4 rings (SSSR count). The zero-order valence-corrected chi connectivity index (χ0v) is 17.3. The number of carbonyl (C=O) groups is 1. The number of nitrogens with zero attached hydrogens (tertiary/aromatic N) is 3. The van der Waals surface area contributed by atoms with Crippen molar-refractivity contribution < 1.29 is 13.6 Å². The van der Waals surface area contributed by atoms with E-state index in [4.69, 9.17) is 5.73 Å². The third kappa shape index (κ3) is 4.13. The molecule has 0 aliphatic heterocycles. The molecule has 1 saturated carbocycles. The first kappa shape index (κ1) is 20.6. The number of amides is 1. The van der Waals surface area contributed by atoms with Crippen LogP contribution in [0.2, 0.25) is 0 Å². The van der Waals surface area contributed by atoms with Crippen LogP contribution in [0.5, 0.6) is 0 Å². The zero-order chi connectivity index (χ0) is 21.3. The smallest absolute Gasteiger partial charge is 0.275 e. The quantitative estimate of drug-likeness (QED) is 0.605. The van der Waals surface area contributed by atoms with E-state index >= 15 is 0 Å². The number of benzene rings is 1. The minimum absolute atomic E-state index is 0.0593. The van der Waals surface area contributed by atoms with Crippen LogP contribution in [0.15, 0.2) is 35.8 Å². The van der Waals surface area contributed by atoms with E-state index < -0.39 is 18.1 Å². The van der Waals surface area contributed by atoms with Gasteiger partial charge in [0.05, 0.1) is 17.6 Å². The Labute approximate surface area is 177 Å². The lowest BCUT2D eigenvalue weighted by Gasteiger charge is -2.17. The van der Waals surface area contributed by atoms with Crippen LogP contribution in [0.25, 0.3) is 10.6 Å². The molecule has 1 aromatic carbocycles. The summed E-state index contributed by atoms with van der Waals surface area (Å²) in [5, 5.41) is 9.20. The number of nitrogens with two attached hydrogens (primary N) is 1. The highest BCUT2D eigenvalue weighted by molar-refractivity contribution is 7.13. The summed E-state index contributed by atoms with van der Waals surface area (Å²) >= 11 is 1.21. The SMILES string of the molecule is Cn1ncc(NC(=O)c2csc(-c3ccccc3F)n2)c1[C@H]1CC[C@@H](N)[C@@H](F)CC1. The van der Waals surface area contributed by atoms with Crippen LogP contribution in [-0.2, 0) is 7.05 Å². The van der Waals surface area contributed by atoms with E-state index in [0.717, 1.165) is 12.1 Å². The fourth-order valence-corrected chi connectivity index (χ4v) is 4.74. The summed E-state index contributed by atoms with van der Waals surface area (Å²) in [6.07, 6.45) is 2.94. The predicted molar refractivity (Wildman–Crippen MR) is 113 cm³/mol. The number of hydrogen-bond acceptors (Lipinski definition) is 5. The number of aryl methyl sites for hydroxylation is 1. The molecule has 3 aromatic rings. The van der Waals surface area contributed by atoms with Gasteiger partial charge in [-0.2, -0.15) is 5.10 Å². The second-order valence-corrected chi connectivity index (χ2v) is 8.43. The Hall–Kier alpha value is -2.65. The molecule has 1 aliphatic rings. The minimum atomic E-state index is -1.01. The zero-order valence-electron chi connectivity index (χ0n) is 16.5. The van der Waals surface area contributed by atoms with E-state index in [2.05, 4.69) is 15.4 Å². The summed E-state index contributed by atoms with van der Waals surface area (Å²) in [6.45, 7) is 0. The number of anilines is 1. The molecule has 1 amide bonds. The molecule has 30 heavy (non-hydrogen) atoms. The van der Waals surface area contributed by atoms with Crippen molar-refractivity contribution in [1.29, 1.82) is 0 Å². The van der Waals surface area contributed by atoms with E-state index in [0.29, 0.717) is 35.5 Å².